The molecular formula is C18H15F2N3O2. The SMILES string of the molecule is Cc1cc(Nc2c(C)cccc2C(=O)O)n(-c2cc(F)ccc2F)n1. The number of hydrogen-bond acceptors (Lipinski definition) is 3. The third kappa shape index (κ3) is 3.21. The molecule has 5 nitrogen and oxygen atoms in total. The van der Waals surface area contributed by atoms with Gasteiger partial charge in [-0.25, -0.2) is 18.3 Å². The summed E-state index contributed by atoms with van der Waals surface area (Å²) in [5, 5.41) is 16.5. The molecule has 0 spiro atoms. The number of rotatable bonds is 4. The Balaban J connectivity index is 2.12. The van der Waals surface area contributed by atoms with Gasteiger partial charge in [-0.15, -0.1) is 0 Å². The van der Waals surface area contributed by atoms with Crippen molar-refractivity contribution in [1.29, 1.82) is 0 Å². The Kier molecular flexibility index (Phi) is 4.22. The monoisotopic (exact) mass is 343 g/mol. The molecular weight excluding hydrogens is 328 g/mol. The molecule has 0 unspecified atom stereocenters. The maximum atomic E-state index is 14.1. The summed E-state index contributed by atoms with van der Waals surface area (Å²) in [7, 11) is 0. The Hall–Kier alpha value is -3.22. The molecule has 0 aliphatic heterocycles. The molecule has 1 heterocycles. The molecule has 3 aromatic rings. The number of carboxylic acid groups (broad SMARTS) is 1. The van der Waals surface area contributed by atoms with Crippen LogP contribution < -0.4 is 5.32 Å². The number of nitrogens with zero attached hydrogens (tertiary/aromatic N) is 2. The number of aromatic nitrogens is 2. The summed E-state index contributed by atoms with van der Waals surface area (Å²) in [5.74, 6) is -2.00. The second-order valence-corrected chi connectivity index (χ2v) is 5.61. The zero-order chi connectivity index (χ0) is 18.1. The third-order valence-electron chi connectivity index (χ3n) is 3.72. The van der Waals surface area contributed by atoms with E-state index < -0.39 is 17.6 Å². The fraction of sp³-hybridized carbons (Fsp3) is 0.111. The maximum Gasteiger partial charge on any atom is 0.337 e. The minimum absolute atomic E-state index is 0.0685. The van der Waals surface area contributed by atoms with Gasteiger partial charge in [0, 0.05) is 12.1 Å². The first-order valence-electron chi connectivity index (χ1n) is 7.49. The van der Waals surface area contributed by atoms with Gasteiger partial charge < -0.3 is 10.4 Å². The fourth-order valence-electron chi connectivity index (χ4n) is 2.56. The lowest BCUT2D eigenvalue weighted by Gasteiger charge is -2.14. The zero-order valence-electron chi connectivity index (χ0n) is 13.5. The van der Waals surface area contributed by atoms with Crippen molar-refractivity contribution in [3.05, 3.63) is 70.9 Å². The van der Waals surface area contributed by atoms with Crippen LogP contribution in [-0.2, 0) is 0 Å². The molecule has 0 fully saturated rings. The van der Waals surface area contributed by atoms with Gasteiger partial charge in [0.05, 0.1) is 16.9 Å². The predicted octanol–water partition coefficient (Wildman–Crippen LogP) is 4.21. The summed E-state index contributed by atoms with van der Waals surface area (Å²) >= 11 is 0. The largest absolute Gasteiger partial charge is 0.478 e. The van der Waals surface area contributed by atoms with Crippen LogP contribution in [0.4, 0.5) is 20.3 Å². The van der Waals surface area contributed by atoms with Crippen LogP contribution >= 0.6 is 0 Å². The summed E-state index contributed by atoms with van der Waals surface area (Å²) in [6.07, 6.45) is 0. The minimum atomic E-state index is -1.09. The number of halogens is 2. The lowest BCUT2D eigenvalue weighted by molar-refractivity contribution is 0.0698. The van der Waals surface area contributed by atoms with E-state index in [2.05, 4.69) is 10.4 Å². The molecule has 0 saturated heterocycles. The van der Waals surface area contributed by atoms with Crippen molar-refractivity contribution in [3.63, 3.8) is 0 Å². The number of carboxylic acids is 1. The highest BCUT2D eigenvalue weighted by Gasteiger charge is 2.17. The molecule has 1 aromatic heterocycles. The highest BCUT2D eigenvalue weighted by molar-refractivity contribution is 5.96. The van der Waals surface area contributed by atoms with Crippen LogP contribution in [0.2, 0.25) is 0 Å². The van der Waals surface area contributed by atoms with E-state index in [1.54, 1.807) is 32.0 Å². The Morgan fingerprint density at radius 3 is 2.64 bits per heavy atom. The number of aryl methyl sites for hydroxylation is 2. The van der Waals surface area contributed by atoms with Crippen molar-refractivity contribution in [2.45, 2.75) is 13.8 Å². The topological polar surface area (TPSA) is 67.2 Å². The van der Waals surface area contributed by atoms with Crippen molar-refractivity contribution < 1.29 is 18.7 Å². The smallest absolute Gasteiger partial charge is 0.337 e. The van der Waals surface area contributed by atoms with Gasteiger partial charge in [-0.2, -0.15) is 5.10 Å². The summed E-state index contributed by atoms with van der Waals surface area (Å²) in [6, 6.07) is 9.55. The van der Waals surface area contributed by atoms with Crippen molar-refractivity contribution in [2.24, 2.45) is 0 Å². The summed E-state index contributed by atoms with van der Waals surface area (Å²) in [4.78, 5) is 11.5. The standard InChI is InChI=1S/C18H15F2N3O2/c1-10-4-3-5-13(18(24)25)17(10)21-16-8-11(2)22-23(16)15-9-12(19)6-7-14(15)20/h3-9,21H,1-2H3,(H,24,25). The Morgan fingerprint density at radius 1 is 1.16 bits per heavy atom. The molecule has 0 aliphatic carbocycles. The van der Waals surface area contributed by atoms with Gasteiger partial charge in [0.15, 0.2) is 0 Å². The number of hydrogen-bond donors (Lipinski definition) is 2. The van der Waals surface area contributed by atoms with E-state index in [4.69, 9.17) is 0 Å². The van der Waals surface area contributed by atoms with E-state index >= 15 is 0 Å². The van der Waals surface area contributed by atoms with Gasteiger partial charge >= 0.3 is 5.97 Å². The zero-order valence-corrected chi connectivity index (χ0v) is 13.5. The predicted molar refractivity (Wildman–Crippen MR) is 89.6 cm³/mol. The fourth-order valence-corrected chi connectivity index (χ4v) is 2.56. The van der Waals surface area contributed by atoms with Crippen LogP contribution in [0.1, 0.15) is 21.6 Å². The van der Waals surface area contributed by atoms with E-state index in [9.17, 15) is 18.7 Å². The van der Waals surface area contributed by atoms with Crippen LogP contribution in [0.25, 0.3) is 5.69 Å². The lowest BCUT2D eigenvalue weighted by Crippen LogP contribution is -2.09. The van der Waals surface area contributed by atoms with Gasteiger partial charge in [0.2, 0.25) is 0 Å². The first-order valence-corrected chi connectivity index (χ1v) is 7.49. The number of benzene rings is 2. The average Bonchev–Trinajstić information content (AvgIpc) is 2.91. The summed E-state index contributed by atoms with van der Waals surface area (Å²) < 4.78 is 28.9. The highest BCUT2D eigenvalue weighted by atomic mass is 19.1. The van der Waals surface area contributed by atoms with Crippen LogP contribution in [0.15, 0.2) is 42.5 Å². The maximum absolute atomic E-state index is 14.1. The van der Waals surface area contributed by atoms with Gasteiger partial charge in [0.1, 0.15) is 23.1 Å². The van der Waals surface area contributed by atoms with Crippen molar-refractivity contribution in [2.75, 3.05) is 5.32 Å². The Labute approximate surface area is 142 Å². The lowest BCUT2D eigenvalue weighted by atomic mass is 10.1. The second-order valence-electron chi connectivity index (χ2n) is 5.61. The van der Waals surface area contributed by atoms with Crippen LogP contribution in [0.5, 0.6) is 0 Å². The van der Waals surface area contributed by atoms with Crippen LogP contribution in [0.3, 0.4) is 0 Å². The molecule has 0 saturated carbocycles. The van der Waals surface area contributed by atoms with Gasteiger partial charge in [-0.05, 0) is 37.6 Å². The Bertz CT molecular complexity index is 967. The van der Waals surface area contributed by atoms with Crippen molar-refractivity contribution in [3.8, 4) is 5.69 Å². The molecule has 0 bridgehead atoms. The summed E-state index contributed by atoms with van der Waals surface area (Å²) in [5.41, 5.74) is 1.64. The van der Waals surface area contributed by atoms with Crippen molar-refractivity contribution >= 4 is 17.5 Å². The number of aromatic carboxylic acids is 1. The average molecular weight is 343 g/mol. The van der Waals surface area contributed by atoms with Crippen LogP contribution in [-0.4, -0.2) is 20.9 Å². The van der Waals surface area contributed by atoms with Gasteiger partial charge in [0.25, 0.3) is 0 Å². The van der Waals surface area contributed by atoms with E-state index in [1.165, 1.54) is 10.7 Å². The Morgan fingerprint density at radius 2 is 1.92 bits per heavy atom. The molecule has 3 rings (SSSR count). The van der Waals surface area contributed by atoms with Gasteiger partial charge in [-0.1, -0.05) is 12.1 Å². The normalized spacial score (nSPS) is 10.7. The minimum Gasteiger partial charge on any atom is -0.478 e. The van der Waals surface area contributed by atoms with E-state index in [1.807, 2.05) is 0 Å². The molecule has 0 radical (unpaired) electrons. The third-order valence-corrected chi connectivity index (χ3v) is 3.72. The number of nitrogens with one attached hydrogen (secondary N) is 1. The van der Waals surface area contributed by atoms with Gasteiger partial charge in [-0.3, -0.25) is 0 Å². The molecule has 0 aliphatic rings. The van der Waals surface area contributed by atoms with E-state index in [0.29, 0.717) is 22.8 Å². The molecule has 7 heteroatoms. The molecule has 0 atom stereocenters. The van der Waals surface area contributed by atoms with E-state index in [-0.39, 0.29) is 11.3 Å². The molecule has 2 aromatic carbocycles. The van der Waals surface area contributed by atoms with Crippen LogP contribution in [0, 0.1) is 25.5 Å². The molecule has 25 heavy (non-hydrogen) atoms. The second kappa shape index (κ2) is 6.35. The number of carbonyl (C=O) groups is 1. The highest BCUT2D eigenvalue weighted by Crippen LogP contribution is 2.28. The molecule has 0 amide bonds. The first kappa shape index (κ1) is 16.6. The molecule has 128 valence electrons. The van der Waals surface area contributed by atoms with Crippen molar-refractivity contribution in [1.82, 2.24) is 9.78 Å². The van der Waals surface area contributed by atoms with E-state index in [0.717, 1.165) is 18.2 Å². The number of anilines is 2. The number of para-hydroxylation sites is 1. The molecule has 2 N–H and O–H groups in total. The summed E-state index contributed by atoms with van der Waals surface area (Å²) in [6.45, 7) is 3.46. The first-order chi connectivity index (χ1) is 11.9. The quantitative estimate of drug-likeness (QED) is 0.745.